The summed E-state index contributed by atoms with van der Waals surface area (Å²) in [6.07, 6.45) is 1.34. The highest BCUT2D eigenvalue weighted by atomic mass is 16.6. The third kappa shape index (κ3) is 4.91. The lowest BCUT2D eigenvalue weighted by Gasteiger charge is -2.36. The topological polar surface area (TPSA) is 72.7 Å². The Morgan fingerprint density at radius 1 is 0.871 bits per heavy atom. The number of nitro benzene ring substituents is 1. The predicted octanol–water partition coefficient (Wildman–Crippen LogP) is 5.64. The van der Waals surface area contributed by atoms with Gasteiger partial charge in [0.1, 0.15) is 5.75 Å². The summed E-state index contributed by atoms with van der Waals surface area (Å²) in [4.78, 5) is 24.6. The zero-order valence-electron chi connectivity index (χ0n) is 17.1. The Morgan fingerprint density at radius 3 is 1.87 bits per heavy atom. The third-order valence-corrected chi connectivity index (χ3v) is 5.84. The molecule has 0 N–H and O–H groups in total. The maximum atomic E-state index is 12.6. The molecule has 0 unspecified atom stereocenters. The van der Waals surface area contributed by atoms with Gasteiger partial charge in [0.25, 0.3) is 5.69 Å². The normalized spacial score (nSPS) is 14.4. The summed E-state index contributed by atoms with van der Waals surface area (Å²) in [6, 6.07) is 26.6. The highest BCUT2D eigenvalue weighted by molar-refractivity contribution is 5.71. The standard InChI is InChI=1S/C25H24N2O4/c28-25(31-23-13-11-22(12-14-23)27(29)30)26-17-15-21(16-18-26)24(19-7-3-1-4-8-19)20-9-5-2-6-10-20/h1-14,21,24H,15-18H2. The lowest BCUT2D eigenvalue weighted by atomic mass is 9.76. The summed E-state index contributed by atoms with van der Waals surface area (Å²) >= 11 is 0. The van der Waals surface area contributed by atoms with E-state index in [9.17, 15) is 14.9 Å². The molecule has 1 saturated heterocycles. The molecule has 6 heteroatoms. The molecule has 3 aromatic carbocycles. The quantitative estimate of drug-likeness (QED) is 0.399. The van der Waals surface area contributed by atoms with Crippen molar-refractivity contribution < 1.29 is 14.5 Å². The Morgan fingerprint density at radius 2 is 1.39 bits per heavy atom. The van der Waals surface area contributed by atoms with Gasteiger partial charge in [0, 0.05) is 31.1 Å². The lowest BCUT2D eigenvalue weighted by Crippen LogP contribution is -2.41. The van der Waals surface area contributed by atoms with Gasteiger partial charge in [0.2, 0.25) is 0 Å². The van der Waals surface area contributed by atoms with Crippen molar-refractivity contribution >= 4 is 11.8 Å². The lowest BCUT2D eigenvalue weighted by molar-refractivity contribution is -0.384. The first-order valence-electron chi connectivity index (χ1n) is 10.4. The van der Waals surface area contributed by atoms with Gasteiger partial charge in [-0.3, -0.25) is 10.1 Å². The van der Waals surface area contributed by atoms with Gasteiger partial charge < -0.3 is 9.64 Å². The summed E-state index contributed by atoms with van der Waals surface area (Å²) in [6.45, 7) is 1.24. The van der Waals surface area contributed by atoms with Crippen LogP contribution in [0.4, 0.5) is 10.5 Å². The third-order valence-electron chi connectivity index (χ3n) is 5.84. The number of hydrogen-bond donors (Lipinski definition) is 0. The van der Waals surface area contributed by atoms with E-state index in [0.29, 0.717) is 24.8 Å². The molecule has 1 aliphatic heterocycles. The molecular formula is C25H24N2O4. The summed E-state index contributed by atoms with van der Waals surface area (Å²) in [7, 11) is 0. The zero-order valence-corrected chi connectivity index (χ0v) is 17.1. The van der Waals surface area contributed by atoms with E-state index in [1.54, 1.807) is 4.90 Å². The van der Waals surface area contributed by atoms with Crippen LogP contribution in [0.2, 0.25) is 0 Å². The molecule has 0 aliphatic carbocycles. The average Bonchev–Trinajstić information content (AvgIpc) is 2.81. The molecule has 31 heavy (non-hydrogen) atoms. The van der Waals surface area contributed by atoms with Crippen molar-refractivity contribution in [2.24, 2.45) is 5.92 Å². The van der Waals surface area contributed by atoms with Crippen molar-refractivity contribution in [3.63, 3.8) is 0 Å². The molecule has 1 heterocycles. The van der Waals surface area contributed by atoms with Gasteiger partial charge in [-0.25, -0.2) is 4.79 Å². The number of ether oxygens (including phenoxy) is 1. The second-order valence-electron chi connectivity index (χ2n) is 7.74. The Kier molecular flexibility index (Phi) is 6.26. The smallest absolute Gasteiger partial charge is 0.410 e. The monoisotopic (exact) mass is 416 g/mol. The predicted molar refractivity (Wildman–Crippen MR) is 118 cm³/mol. The van der Waals surface area contributed by atoms with Gasteiger partial charge in [-0.1, -0.05) is 60.7 Å². The SMILES string of the molecule is O=C(Oc1ccc([N+](=O)[O-])cc1)N1CCC(C(c2ccccc2)c2ccccc2)CC1. The minimum absolute atomic E-state index is 0.0338. The molecule has 6 nitrogen and oxygen atoms in total. The number of piperidine rings is 1. The second kappa shape index (κ2) is 9.43. The number of benzene rings is 3. The molecule has 1 aliphatic rings. The van der Waals surface area contributed by atoms with Crippen LogP contribution in [0.3, 0.4) is 0 Å². The molecule has 1 amide bonds. The van der Waals surface area contributed by atoms with Crippen molar-refractivity contribution in [3.8, 4) is 5.75 Å². The van der Waals surface area contributed by atoms with Crippen LogP contribution in [0.15, 0.2) is 84.9 Å². The van der Waals surface area contributed by atoms with Gasteiger partial charge in [-0.2, -0.15) is 0 Å². The fourth-order valence-corrected chi connectivity index (χ4v) is 4.27. The van der Waals surface area contributed by atoms with E-state index in [1.165, 1.54) is 35.4 Å². The van der Waals surface area contributed by atoms with Crippen LogP contribution in [-0.4, -0.2) is 29.0 Å². The van der Waals surface area contributed by atoms with Crippen molar-refractivity contribution in [3.05, 3.63) is 106 Å². The van der Waals surface area contributed by atoms with Gasteiger partial charge in [0.05, 0.1) is 4.92 Å². The minimum atomic E-state index is -0.480. The fraction of sp³-hybridized carbons (Fsp3) is 0.240. The van der Waals surface area contributed by atoms with Gasteiger partial charge in [0.15, 0.2) is 0 Å². The summed E-state index contributed by atoms with van der Waals surface area (Å²) in [5, 5.41) is 10.8. The second-order valence-corrected chi connectivity index (χ2v) is 7.74. The van der Waals surface area contributed by atoms with Crippen LogP contribution in [0.1, 0.15) is 29.9 Å². The van der Waals surface area contributed by atoms with E-state index in [-0.39, 0.29) is 11.6 Å². The number of carbonyl (C=O) groups is 1. The van der Waals surface area contributed by atoms with Crippen molar-refractivity contribution in [1.82, 2.24) is 4.90 Å². The van der Waals surface area contributed by atoms with E-state index < -0.39 is 11.0 Å². The largest absolute Gasteiger partial charge is 0.415 e. The Hall–Kier alpha value is -3.67. The van der Waals surface area contributed by atoms with E-state index in [0.717, 1.165) is 12.8 Å². The average molecular weight is 416 g/mol. The highest BCUT2D eigenvalue weighted by Gasteiger charge is 2.31. The maximum Gasteiger partial charge on any atom is 0.415 e. The van der Waals surface area contributed by atoms with Gasteiger partial charge in [-0.05, 0) is 42.0 Å². The molecule has 0 aromatic heterocycles. The molecule has 0 atom stereocenters. The molecule has 0 bridgehead atoms. The molecular weight excluding hydrogens is 392 g/mol. The number of likely N-dealkylation sites (tertiary alicyclic amines) is 1. The van der Waals surface area contributed by atoms with Crippen molar-refractivity contribution in [1.29, 1.82) is 0 Å². The number of nitrogens with zero attached hydrogens (tertiary/aromatic N) is 2. The van der Waals surface area contributed by atoms with E-state index in [2.05, 4.69) is 48.5 Å². The van der Waals surface area contributed by atoms with Crippen molar-refractivity contribution in [2.75, 3.05) is 13.1 Å². The van der Waals surface area contributed by atoms with Crippen molar-refractivity contribution in [2.45, 2.75) is 18.8 Å². The first-order valence-corrected chi connectivity index (χ1v) is 10.4. The summed E-state index contributed by atoms with van der Waals surface area (Å²) in [5.74, 6) is 1.02. The molecule has 4 rings (SSSR count). The number of rotatable bonds is 5. The molecule has 0 radical (unpaired) electrons. The zero-order chi connectivity index (χ0) is 21.6. The number of nitro groups is 1. The number of carbonyl (C=O) groups excluding carboxylic acids is 1. The van der Waals surface area contributed by atoms with E-state index in [4.69, 9.17) is 4.74 Å². The number of amides is 1. The van der Waals surface area contributed by atoms with Gasteiger partial charge >= 0.3 is 6.09 Å². The van der Waals surface area contributed by atoms with Crippen LogP contribution < -0.4 is 4.74 Å². The maximum absolute atomic E-state index is 12.6. The first kappa shape index (κ1) is 20.6. The first-order chi connectivity index (χ1) is 15.1. The molecule has 1 fully saturated rings. The van der Waals surface area contributed by atoms with Gasteiger partial charge in [-0.15, -0.1) is 0 Å². The number of non-ortho nitro benzene ring substituents is 1. The Bertz CT molecular complexity index is 975. The molecule has 3 aromatic rings. The summed E-state index contributed by atoms with van der Waals surface area (Å²) < 4.78 is 5.42. The van der Waals surface area contributed by atoms with Crippen LogP contribution in [-0.2, 0) is 0 Å². The molecule has 158 valence electrons. The van der Waals surface area contributed by atoms with E-state index in [1.807, 2.05) is 12.1 Å². The Balaban J connectivity index is 1.41. The minimum Gasteiger partial charge on any atom is -0.410 e. The van der Waals surface area contributed by atoms with Crippen LogP contribution in [0.5, 0.6) is 5.75 Å². The summed E-state index contributed by atoms with van der Waals surface area (Å²) in [5.41, 5.74) is 2.55. The van der Waals surface area contributed by atoms with E-state index >= 15 is 0 Å². The fourth-order valence-electron chi connectivity index (χ4n) is 4.27. The van der Waals surface area contributed by atoms with Crippen LogP contribution in [0.25, 0.3) is 0 Å². The molecule has 0 saturated carbocycles. The van der Waals surface area contributed by atoms with Crippen LogP contribution in [0, 0.1) is 16.0 Å². The highest BCUT2D eigenvalue weighted by Crippen LogP contribution is 2.38. The number of hydrogen-bond acceptors (Lipinski definition) is 4. The molecule has 0 spiro atoms. The Labute approximate surface area is 181 Å². The van der Waals surface area contributed by atoms with Crippen LogP contribution >= 0.6 is 0 Å².